The van der Waals surface area contributed by atoms with E-state index in [4.69, 9.17) is 9.98 Å². The summed E-state index contributed by atoms with van der Waals surface area (Å²) >= 11 is 0. The molecule has 0 saturated heterocycles. The molecule has 3 aromatic carbocycles. The first kappa shape index (κ1) is 21.7. The van der Waals surface area contributed by atoms with Crippen LogP contribution in [-0.2, 0) is 0 Å². The Morgan fingerprint density at radius 3 is 1.57 bits per heavy atom. The number of hydrogen-bond acceptors (Lipinski definition) is 2. The molecule has 0 heterocycles. The summed E-state index contributed by atoms with van der Waals surface area (Å²) in [6, 6.07) is 17.3. The second-order valence-corrected chi connectivity index (χ2v) is 8.43. The lowest BCUT2D eigenvalue weighted by atomic mass is 9.95. The third-order valence-corrected chi connectivity index (χ3v) is 5.60. The van der Waals surface area contributed by atoms with Crippen molar-refractivity contribution in [2.24, 2.45) is 9.98 Å². The first-order valence-electron chi connectivity index (χ1n) is 10.5. The number of aryl methyl sites for hydroxylation is 6. The van der Waals surface area contributed by atoms with Gasteiger partial charge in [-0.1, -0.05) is 53.6 Å². The molecule has 0 saturated carbocycles. The van der Waals surface area contributed by atoms with E-state index < -0.39 is 0 Å². The van der Waals surface area contributed by atoms with Gasteiger partial charge in [0, 0.05) is 5.56 Å². The minimum absolute atomic E-state index is 0.941. The van der Waals surface area contributed by atoms with Crippen LogP contribution >= 0.6 is 0 Å². The molecule has 0 aliphatic rings. The fourth-order valence-electron chi connectivity index (χ4n) is 4.03. The Hall–Kier alpha value is -3.00. The monoisotopic (exact) mass is 396 g/mol. The molecule has 0 aliphatic carbocycles. The summed E-state index contributed by atoms with van der Waals surface area (Å²) in [7, 11) is 0. The molecular formula is C28H32N2. The van der Waals surface area contributed by atoms with E-state index in [1.807, 2.05) is 0 Å². The maximum atomic E-state index is 5.08. The van der Waals surface area contributed by atoms with Gasteiger partial charge in [0.1, 0.15) is 0 Å². The number of benzene rings is 3. The Morgan fingerprint density at radius 2 is 1.00 bits per heavy atom. The van der Waals surface area contributed by atoms with Gasteiger partial charge in [0.25, 0.3) is 0 Å². The van der Waals surface area contributed by atoms with Crippen molar-refractivity contribution in [2.75, 3.05) is 0 Å². The predicted molar refractivity (Wildman–Crippen MR) is 132 cm³/mol. The molecule has 0 radical (unpaired) electrons. The molecule has 0 amide bonds. The van der Waals surface area contributed by atoms with E-state index in [0.717, 1.165) is 22.8 Å². The van der Waals surface area contributed by atoms with Gasteiger partial charge >= 0.3 is 0 Å². The summed E-state index contributed by atoms with van der Waals surface area (Å²) in [4.78, 5) is 10.0. The Balaban J connectivity index is 2.12. The van der Waals surface area contributed by atoms with Gasteiger partial charge in [0.05, 0.1) is 22.8 Å². The van der Waals surface area contributed by atoms with E-state index in [1.54, 1.807) is 0 Å². The molecule has 154 valence electrons. The molecule has 0 N–H and O–H groups in total. The van der Waals surface area contributed by atoms with Crippen LogP contribution in [0.1, 0.15) is 47.2 Å². The number of rotatable bonds is 4. The normalized spacial score (nSPS) is 12.4. The number of hydrogen-bond donors (Lipinski definition) is 0. The van der Waals surface area contributed by atoms with Crippen LogP contribution in [0.5, 0.6) is 0 Å². The van der Waals surface area contributed by atoms with E-state index >= 15 is 0 Å². The highest BCUT2D eigenvalue weighted by Crippen LogP contribution is 2.36. The van der Waals surface area contributed by atoms with Crippen LogP contribution in [0.2, 0.25) is 0 Å². The molecule has 0 aromatic heterocycles. The molecule has 0 aliphatic heterocycles. The van der Waals surface area contributed by atoms with E-state index in [9.17, 15) is 0 Å². The average molecular weight is 397 g/mol. The van der Waals surface area contributed by atoms with E-state index in [-0.39, 0.29) is 0 Å². The van der Waals surface area contributed by atoms with Gasteiger partial charge in [-0.2, -0.15) is 0 Å². The molecule has 2 heteroatoms. The van der Waals surface area contributed by atoms with Crippen LogP contribution in [0, 0.1) is 41.5 Å². The quantitative estimate of drug-likeness (QED) is 0.398. The smallest absolute Gasteiger partial charge is 0.0741 e. The second-order valence-electron chi connectivity index (χ2n) is 8.43. The van der Waals surface area contributed by atoms with Crippen LogP contribution in [-0.4, -0.2) is 11.4 Å². The van der Waals surface area contributed by atoms with Gasteiger partial charge in [-0.3, -0.25) is 9.98 Å². The van der Waals surface area contributed by atoms with E-state index in [1.165, 1.54) is 44.5 Å². The van der Waals surface area contributed by atoms with Gasteiger partial charge in [0.15, 0.2) is 0 Å². The van der Waals surface area contributed by atoms with Crippen LogP contribution in [0.4, 0.5) is 11.4 Å². The zero-order chi connectivity index (χ0) is 22.0. The number of nitrogens with zero attached hydrogens (tertiary/aromatic N) is 2. The minimum Gasteiger partial charge on any atom is -0.251 e. The SMILES string of the molecule is CC(=Nc1c(C)cc(C)cc1C)C(C)=Nc1c(C)cc(C)cc1-c1ccccc1C. The van der Waals surface area contributed by atoms with Crippen LogP contribution in [0.25, 0.3) is 11.1 Å². The molecule has 0 atom stereocenters. The number of aliphatic imine (C=N–C) groups is 2. The Kier molecular flexibility index (Phi) is 6.36. The van der Waals surface area contributed by atoms with Gasteiger partial charge in [-0.05, 0) is 89.3 Å². The van der Waals surface area contributed by atoms with Crippen LogP contribution in [0.3, 0.4) is 0 Å². The van der Waals surface area contributed by atoms with Crippen molar-refractivity contribution >= 4 is 22.8 Å². The van der Waals surface area contributed by atoms with Crippen molar-refractivity contribution in [3.63, 3.8) is 0 Å². The van der Waals surface area contributed by atoms with Gasteiger partial charge in [0.2, 0.25) is 0 Å². The fraction of sp³-hybridized carbons (Fsp3) is 0.286. The van der Waals surface area contributed by atoms with Crippen molar-refractivity contribution < 1.29 is 0 Å². The average Bonchev–Trinajstić information content (AvgIpc) is 2.66. The van der Waals surface area contributed by atoms with Gasteiger partial charge in [-0.15, -0.1) is 0 Å². The third-order valence-electron chi connectivity index (χ3n) is 5.60. The Morgan fingerprint density at radius 1 is 0.533 bits per heavy atom. The second kappa shape index (κ2) is 8.79. The molecule has 30 heavy (non-hydrogen) atoms. The molecule has 0 bridgehead atoms. The summed E-state index contributed by atoms with van der Waals surface area (Å²) in [6.45, 7) is 16.9. The van der Waals surface area contributed by atoms with Gasteiger partial charge in [-0.25, -0.2) is 0 Å². The Bertz CT molecular complexity index is 1140. The summed E-state index contributed by atoms with van der Waals surface area (Å²) in [5, 5.41) is 0. The van der Waals surface area contributed by atoms with Crippen molar-refractivity contribution in [1.29, 1.82) is 0 Å². The van der Waals surface area contributed by atoms with Crippen molar-refractivity contribution in [1.82, 2.24) is 0 Å². The highest BCUT2D eigenvalue weighted by atomic mass is 14.8. The molecular weight excluding hydrogens is 364 g/mol. The van der Waals surface area contributed by atoms with Gasteiger partial charge < -0.3 is 0 Å². The molecule has 3 rings (SSSR count). The molecule has 0 unspecified atom stereocenters. The molecule has 2 nitrogen and oxygen atoms in total. The highest BCUT2D eigenvalue weighted by molar-refractivity contribution is 6.41. The zero-order valence-electron chi connectivity index (χ0n) is 19.5. The first-order chi connectivity index (χ1) is 14.2. The lowest BCUT2D eigenvalue weighted by molar-refractivity contribution is 1.28. The van der Waals surface area contributed by atoms with E-state index in [0.29, 0.717) is 0 Å². The minimum atomic E-state index is 0.941. The summed E-state index contributed by atoms with van der Waals surface area (Å²) in [6.07, 6.45) is 0. The lowest BCUT2D eigenvalue weighted by Gasteiger charge is -2.14. The third kappa shape index (κ3) is 4.59. The zero-order valence-corrected chi connectivity index (χ0v) is 19.5. The van der Waals surface area contributed by atoms with Crippen LogP contribution < -0.4 is 0 Å². The Labute approximate surface area is 181 Å². The maximum Gasteiger partial charge on any atom is 0.0741 e. The fourth-order valence-corrected chi connectivity index (χ4v) is 4.03. The summed E-state index contributed by atoms with van der Waals surface area (Å²) < 4.78 is 0. The summed E-state index contributed by atoms with van der Waals surface area (Å²) in [5.41, 5.74) is 13.7. The first-order valence-corrected chi connectivity index (χ1v) is 10.5. The largest absolute Gasteiger partial charge is 0.251 e. The maximum absolute atomic E-state index is 5.08. The van der Waals surface area contributed by atoms with Crippen molar-refractivity contribution in [2.45, 2.75) is 55.4 Å². The standard InChI is InChI=1S/C28H32N2/c1-17-13-20(4)27(21(5)14-17)29-23(7)24(8)30-28-22(6)15-18(2)16-26(28)25-12-10-9-11-19(25)3/h9-16H,1-8H3. The molecule has 0 spiro atoms. The van der Waals surface area contributed by atoms with Crippen molar-refractivity contribution in [3.05, 3.63) is 81.9 Å². The molecule has 3 aromatic rings. The highest BCUT2D eigenvalue weighted by Gasteiger charge is 2.12. The lowest BCUT2D eigenvalue weighted by Crippen LogP contribution is -2.05. The predicted octanol–water partition coefficient (Wildman–Crippen LogP) is 8.09. The van der Waals surface area contributed by atoms with E-state index in [2.05, 4.69) is 104 Å². The van der Waals surface area contributed by atoms with Crippen molar-refractivity contribution in [3.8, 4) is 11.1 Å². The topological polar surface area (TPSA) is 24.7 Å². The summed E-state index contributed by atoms with van der Waals surface area (Å²) in [5.74, 6) is 0. The molecule has 0 fully saturated rings. The van der Waals surface area contributed by atoms with Crippen LogP contribution in [0.15, 0.2) is 58.5 Å².